The summed E-state index contributed by atoms with van der Waals surface area (Å²) in [6.07, 6.45) is -0.475. The van der Waals surface area contributed by atoms with Crippen LogP contribution in [0.2, 0.25) is 0 Å². The highest BCUT2D eigenvalue weighted by molar-refractivity contribution is 5.98. The Hall–Kier alpha value is -2.13. The maximum absolute atomic E-state index is 10.1. The van der Waals surface area contributed by atoms with E-state index in [9.17, 15) is 5.11 Å². The Kier molecular flexibility index (Phi) is 3.75. The van der Waals surface area contributed by atoms with Gasteiger partial charge in [-0.3, -0.25) is 0 Å². The second kappa shape index (κ2) is 5.47. The molecule has 2 rings (SSSR count). The second-order valence-corrected chi connectivity index (χ2v) is 4.19. The number of nitrogen functional groups attached to an aromatic ring is 1. The van der Waals surface area contributed by atoms with Gasteiger partial charge in [-0.1, -0.05) is 48.5 Å². The Balaban J connectivity index is 2.11. The summed E-state index contributed by atoms with van der Waals surface area (Å²) >= 11 is 0. The Bertz CT molecular complexity index is 537. The molecule has 3 heteroatoms. The van der Waals surface area contributed by atoms with Gasteiger partial charge in [-0.05, 0) is 11.6 Å². The van der Waals surface area contributed by atoms with Gasteiger partial charge in [-0.25, -0.2) is 0 Å². The lowest BCUT2D eigenvalue weighted by atomic mass is 9.98. The summed E-state index contributed by atoms with van der Waals surface area (Å²) in [6.45, 7) is 0. The molecule has 1 atom stereocenters. The van der Waals surface area contributed by atoms with Crippen molar-refractivity contribution in [1.82, 2.24) is 0 Å². The molecule has 4 N–H and O–H groups in total. The van der Waals surface area contributed by atoms with E-state index >= 15 is 0 Å². The first-order valence-corrected chi connectivity index (χ1v) is 5.84. The second-order valence-electron chi connectivity index (χ2n) is 4.19. The minimum Gasteiger partial charge on any atom is -0.398 e. The van der Waals surface area contributed by atoms with Crippen LogP contribution in [0.1, 0.15) is 23.7 Å². The van der Waals surface area contributed by atoms with Gasteiger partial charge in [0.2, 0.25) is 0 Å². The maximum atomic E-state index is 10.1. The van der Waals surface area contributed by atoms with Gasteiger partial charge >= 0.3 is 0 Å². The van der Waals surface area contributed by atoms with Crippen molar-refractivity contribution in [3.8, 4) is 0 Å². The number of hydrogen-bond donors (Lipinski definition) is 3. The maximum Gasteiger partial charge on any atom is 0.0865 e. The predicted octanol–water partition coefficient (Wildman–Crippen LogP) is 2.76. The molecule has 0 saturated heterocycles. The average molecular weight is 240 g/mol. The first kappa shape index (κ1) is 12.3. The third-order valence-corrected chi connectivity index (χ3v) is 2.87. The van der Waals surface area contributed by atoms with Crippen LogP contribution in [0, 0.1) is 5.41 Å². The van der Waals surface area contributed by atoms with Gasteiger partial charge in [0.1, 0.15) is 0 Å². The van der Waals surface area contributed by atoms with Crippen LogP contribution in [-0.2, 0) is 0 Å². The van der Waals surface area contributed by atoms with E-state index in [1.54, 1.807) is 12.1 Å². The van der Waals surface area contributed by atoms with Crippen LogP contribution >= 0.6 is 0 Å². The Morgan fingerprint density at radius 2 is 1.67 bits per heavy atom. The van der Waals surface area contributed by atoms with Crippen LogP contribution in [0.15, 0.2) is 54.6 Å². The molecule has 0 aliphatic carbocycles. The van der Waals surface area contributed by atoms with E-state index in [-0.39, 0.29) is 6.42 Å². The third-order valence-electron chi connectivity index (χ3n) is 2.87. The number of benzene rings is 2. The highest BCUT2D eigenvalue weighted by Crippen LogP contribution is 2.23. The topological polar surface area (TPSA) is 70.1 Å². The molecule has 18 heavy (non-hydrogen) atoms. The minimum absolute atomic E-state index is 0.262. The molecule has 0 amide bonds. The molecule has 92 valence electrons. The predicted molar refractivity (Wildman–Crippen MR) is 73.7 cm³/mol. The molecule has 2 aromatic rings. The molecule has 0 saturated carbocycles. The first-order valence-electron chi connectivity index (χ1n) is 5.84. The summed E-state index contributed by atoms with van der Waals surface area (Å²) in [5.74, 6) is 0. The standard InChI is InChI=1S/C15H16N2O/c16-13-9-5-4-8-12(13)15(18)10-14(17)11-6-2-1-3-7-11/h1-9,15,17-18H,10,16H2. The molecular weight excluding hydrogens is 224 g/mol. The number of rotatable bonds is 4. The Labute approximate surface area is 106 Å². The van der Waals surface area contributed by atoms with Crippen molar-refractivity contribution in [1.29, 1.82) is 5.41 Å². The van der Waals surface area contributed by atoms with Crippen molar-refractivity contribution in [2.45, 2.75) is 12.5 Å². The van der Waals surface area contributed by atoms with Gasteiger partial charge in [0.25, 0.3) is 0 Å². The fraction of sp³-hybridized carbons (Fsp3) is 0.133. The molecule has 0 aliphatic heterocycles. The quantitative estimate of drug-likeness (QED) is 0.568. The molecule has 0 fully saturated rings. The summed E-state index contributed by atoms with van der Waals surface area (Å²) in [7, 11) is 0. The zero-order valence-corrected chi connectivity index (χ0v) is 10.0. The number of nitrogens with one attached hydrogen (secondary N) is 1. The van der Waals surface area contributed by atoms with E-state index in [2.05, 4.69) is 0 Å². The summed E-state index contributed by atoms with van der Waals surface area (Å²) in [5, 5.41) is 18.1. The van der Waals surface area contributed by atoms with E-state index in [4.69, 9.17) is 11.1 Å². The number of anilines is 1. The summed E-state index contributed by atoms with van der Waals surface area (Å²) in [6, 6.07) is 16.6. The number of nitrogens with two attached hydrogens (primary N) is 1. The van der Waals surface area contributed by atoms with E-state index in [0.29, 0.717) is 17.0 Å². The van der Waals surface area contributed by atoms with Gasteiger partial charge in [0, 0.05) is 23.4 Å². The van der Waals surface area contributed by atoms with E-state index in [0.717, 1.165) is 5.56 Å². The molecule has 1 unspecified atom stereocenters. The number of aliphatic hydroxyl groups is 1. The molecule has 3 nitrogen and oxygen atoms in total. The smallest absolute Gasteiger partial charge is 0.0865 e. The Morgan fingerprint density at radius 1 is 1.06 bits per heavy atom. The summed E-state index contributed by atoms with van der Waals surface area (Å²) in [4.78, 5) is 0. The molecule has 0 aliphatic rings. The normalized spacial score (nSPS) is 12.1. The molecular formula is C15H16N2O. The van der Waals surface area contributed by atoms with Crippen LogP contribution in [-0.4, -0.2) is 10.8 Å². The fourth-order valence-corrected chi connectivity index (χ4v) is 1.87. The molecule has 0 spiro atoms. The monoisotopic (exact) mass is 240 g/mol. The van der Waals surface area contributed by atoms with E-state index < -0.39 is 6.10 Å². The van der Waals surface area contributed by atoms with E-state index in [1.807, 2.05) is 42.5 Å². The largest absolute Gasteiger partial charge is 0.398 e. The van der Waals surface area contributed by atoms with Gasteiger partial charge in [-0.2, -0.15) is 0 Å². The van der Waals surface area contributed by atoms with Gasteiger partial charge in [0.15, 0.2) is 0 Å². The highest BCUT2D eigenvalue weighted by Gasteiger charge is 2.13. The molecule has 2 aromatic carbocycles. The van der Waals surface area contributed by atoms with Crippen molar-refractivity contribution in [2.24, 2.45) is 0 Å². The fourth-order valence-electron chi connectivity index (χ4n) is 1.87. The molecule has 0 bridgehead atoms. The van der Waals surface area contributed by atoms with Crippen LogP contribution in [0.3, 0.4) is 0 Å². The van der Waals surface area contributed by atoms with Crippen molar-refractivity contribution in [3.63, 3.8) is 0 Å². The Morgan fingerprint density at radius 3 is 2.33 bits per heavy atom. The van der Waals surface area contributed by atoms with Gasteiger partial charge in [0.05, 0.1) is 6.10 Å². The van der Waals surface area contributed by atoms with Gasteiger partial charge in [-0.15, -0.1) is 0 Å². The zero-order chi connectivity index (χ0) is 13.0. The zero-order valence-electron chi connectivity index (χ0n) is 10.0. The van der Waals surface area contributed by atoms with Crippen LogP contribution in [0.25, 0.3) is 0 Å². The van der Waals surface area contributed by atoms with Crippen molar-refractivity contribution in [3.05, 3.63) is 65.7 Å². The molecule has 0 aromatic heterocycles. The lowest BCUT2D eigenvalue weighted by molar-refractivity contribution is 0.187. The number of para-hydroxylation sites is 1. The number of hydrogen-bond acceptors (Lipinski definition) is 3. The van der Waals surface area contributed by atoms with Crippen LogP contribution in [0.5, 0.6) is 0 Å². The SMILES string of the molecule is N=C(CC(O)c1ccccc1N)c1ccccc1. The minimum atomic E-state index is -0.737. The van der Waals surface area contributed by atoms with Crippen molar-refractivity contribution >= 4 is 11.4 Å². The number of aliphatic hydroxyl groups excluding tert-OH is 1. The van der Waals surface area contributed by atoms with Crippen molar-refractivity contribution < 1.29 is 5.11 Å². The average Bonchev–Trinajstić information content (AvgIpc) is 2.40. The highest BCUT2D eigenvalue weighted by atomic mass is 16.3. The van der Waals surface area contributed by atoms with Crippen LogP contribution in [0.4, 0.5) is 5.69 Å². The molecule has 0 heterocycles. The summed E-state index contributed by atoms with van der Waals surface area (Å²) < 4.78 is 0. The molecule has 0 radical (unpaired) electrons. The van der Waals surface area contributed by atoms with Crippen LogP contribution < -0.4 is 5.73 Å². The lowest BCUT2D eigenvalue weighted by Crippen LogP contribution is -2.08. The summed E-state index contributed by atoms with van der Waals surface area (Å²) in [5.41, 5.74) is 8.28. The first-order chi connectivity index (χ1) is 8.68. The van der Waals surface area contributed by atoms with E-state index in [1.165, 1.54) is 0 Å². The van der Waals surface area contributed by atoms with Gasteiger partial charge < -0.3 is 16.2 Å². The van der Waals surface area contributed by atoms with Crippen molar-refractivity contribution in [2.75, 3.05) is 5.73 Å². The third kappa shape index (κ3) is 2.76. The lowest BCUT2D eigenvalue weighted by Gasteiger charge is -2.14.